The maximum absolute atomic E-state index is 11.1. The number of aromatic nitrogens is 2. The number of fused-ring (bicyclic) bond motifs is 1. The molecule has 3 aromatic carbocycles. The van der Waals surface area contributed by atoms with E-state index in [0.717, 1.165) is 16.9 Å². The highest BCUT2D eigenvalue weighted by atomic mass is 16.5. The van der Waals surface area contributed by atoms with Gasteiger partial charge in [-0.15, -0.1) is 0 Å². The highest BCUT2D eigenvalue weighted by Crippen LogP contribution is 2.20. The molecule has 31 heavy (non-hydrogen) atoms. The SMILES string of the molecule is CC(=O)Nc1ccc(OCC(O)Cn2c(Cc3ccccc3)nc3ccccc32)cc1. The van der Waals surface area contributed by atoms with Gasteiger partial charge in [-0.3, -0.25) is 4.79 Å². The number of hydrogen-bond donors (Lipinski definition) is 2. The molecule has 0 aliphatic carbocycles. The van der Waals surface area contributed by atoms with Crippen LogP contribution in [0, 0.1) is 0 Å². The van der Waals surface area contributed by atoms with E-state index < -0.39 is 6.10 Å². The molecule has 1 aromatic heterocycles. The van der Waals surface area contributed by atoms with Crippen molar-refractivity contribution >= 4 is 22.6 Å². The molecule has 0 aliphatic heterocycles. The summed E-state index contributed by atoms with van der Waals surface area (Å²) >= 11 is 0. The van der Waals surface area contributed by atoms with Crippen LogP contribution < -0.4 is 10.1 Å². The molecule has 0 spiro atoms. The fraction of sp³-hybridized carbons (Fsp3) is 0.200. The summed E-state index contributed by atoms with van der Waals surface area (Å²) in [7, 11) is 0. The molecule has 0 saturated heterocycles. The van der Waals surface area contributed by atoms with Crippen LogP contribution in [0.15, 0.2) is 78.9 Å². The van der Waals surface area contributed by atoms with Crippen LogP contribution in [-0.2, 0) is 17.8 Å². The lowest BCUT2D eigenvalue weighted by Crippen LogP contribution is -2.24. The number of nitrogens with one attached hydrogen (secondary N) is 1. The molecule has 0 bridgehead atoms. The van der Waals surface area contributed by atoms with Crippen molar-refractivity contribution in [2.24, 2.45) is 0 Å². The van der Waals surface area contributed by atoms with Gasteiger partial charge in [0.05, 0.1) is 17.6 Å². The van der Waals surface area contributed by atoms with Crippen LogP contribution in [0.1, 0.15) is 18.3 Å². The highest BCUT2D eigenvalue weighted by molar-refractivity contribution is 5.88. The lowest BCUT2D eigenvalue weighted by molar-refractivity contribution is -0.114. The first-order valence-electron chi connectivity index (χ1n) is 10.2. The van der Waals surface area contributed by atoms with Crippen molar-refractivity contribution in [2.45, 2.75) is 26.0 Å². The zero-order valence-corrected chi connectivity index (χ0v) is 17.4. The largest absolute Gasteiger partial charge is 0.491 e. The van der Waals surface area contributed by atoms with E-state index in [1.165, 1.54) is 12.5 Å². The molecule has 1 atom stereocenters. The predicted molar refractivity (Wildman–Crippen MR) is 121 cm³/mol. The van der Waals surface area contributed by atoms with Gasteiger partial charge >= 0.3 is 0 Å². The summed E-state index contributed by atoms with van der Waals surface area (Å²) in [6.07, 6.45) is -0.0181. The minimum Gasteiger partial charge on any atom is -0.491 e. The second-order valence-electron chi connectivity index (χ2n) is 7.46. The van der Waals surface area contributed by atoms with Crippen LogP contribution in [0.4, 0.5) is 5.69 Å². The average molecular weight is 415 g/mol. The van der Waals surface area contributed by atoms with Crippen molar-refractivity contribution < 1.29 is 14.6 Å². The summed E-state index contributed by atoms with van der Waals surface area (Å²) in [5.74, 6) is 1.42. The number of anilines is 1. The lowest BCUT2D eigenvalue weighted by atomic mass is 10.1. The highest BCUT2D eigenvalue weighted by Gasteiger charge is 2.15. The summed E-state index contributed by atoms with van der Waals surface area (Å²) < 4.78 is 7.82. The molecular formula is C25H25N3O3. The zero-order valence-electron chi connectivity index (χ0n) is 17.4. The molecule has 0 saturated carbocycles. The Kier molecular flexibility index (Phi) is 6.29. The van der Waals surface area contributed by atoms with Crippen molar-refractivity contribution in [1.82, 2.24) is 9.55 Å². The second-order valence-corrected chi connectivity index (χ2v) is 7.46. The number of aliphatic hydroxyl groups is 1. The maximum Gasteiger partial charge on any atom is 0.221 e. The van der Waals surface area contributed by atoms with Crippen molar-refractivity contribution in [3.05, 3.63) is 90.3 Å². The van der Waals surface area contributed by atoms with Gasteiger partial charge in [0.2, 0.25) is 5.91 Å². The Morgan fingerprint density at radius 2 is 1.74 bits per heavy atom. The third-order valence-electron chi connectivity index (χ3n) is 4.95. The molecule has 158 valence electrons. The number of amides is 1. The van der Waals surface area contributed by atoms with Gasteiger partial charge in [0.15, 0.2) is 0 Å². The molecule has 1 heterocycles. The van der Waals surface area contributed by atoms with Gasteiger partial charge in [-0.25, -0.2) is 4.98 Å². The lowest BCUT2D eigenvalue weighted by Gasteiger charge is -2.16. The van der Waals surface area contributed by atoms with Crippen LogP contribution in [0.2, 0.25) is 0 Å². The van der Waals surface area contributed by atoms with Gasteiger partial charge < -0.3 is 19.7 Å². The number of aliphatic hydroxyl groups excluding tert-OH is 1. The number of nitrogens with zero attached hydrogens (tertiary/aromatic N) is 2. The van der Waals surface area contributed by atoms with E-state index in [0.29, 0.717) is 24.4 Å². The van der Waals surface area contributed by atoms with E-state index in [4.69, 9.17) is 9.72 Å². The van der Waals surface area contributed by atoms with E-state index >= 15 is 0 Å². The quantitative estimate of drug-likeness (QED) is 0.456. The Balaban J connectivity index is 1.46. The Labute approximate surface area is 181 Å². The molecule has 0 fully saturated rings. The predicted octanol–water partition coefficient (Wildman–Crippen LogP) is 4.03. The van der Waals surface area contributed by atoms with Crippen LogP contribution in [0.5, 0.6) is 5.75 Å². The van der Waals surface area contributed by atoms with Gasteiger partial charge in [-0.1, -0.05) is 42.5 Å². The Hall–Kier alpha value is -3.64. The summed E-state index contributed by atoms with van der Waals surface area (Å²) in [4.78, 5) is 15.9. The van der Waals surface area contributed by atoms with Gasteiger partial charge in [-0.05, 0) is 42.0 Å². The Bertz CT molecular complexity index is 1150. The van der Waals surface area contributed by atoms with Crippen molar-refractivity contribution in [3.63, 3.8) is 0 Å². The number of imidazole rings is 1. The van der Waals surface area contributed by atoms with Crippen molar-refractivity contribution in [3.8, 4) is 5.75 Å². The average Bonchev–Trinajstić information content (AvgIpc) is 3.10. The molecule has 1 unspecified atom stereocenters. The monoisotopic (exact) mass is 415 g/mol. The minimum absolute atomic E-state index is 0.122. The maximum atomic E-state index is 11.1. The Morgan fingerprint density at radius 1 is 1.03 bits per heavy atom. The fourth-order valence-electron chi connectivity index (χ4n) is 3.54. The number of benzene rings is 3. The van der Waals surface area contributed by atoms with Gasteiger partial charge in [0.1, 0.15) is 24.3 Å². The summed E-state index contributed by atoms with van der Waals surface area (Å²) in [6.45, 7) is 2.00. The number of para-hydroxylation sites is 2. The van der Waals surface area contributed by atoms with E-state index in [2.05, 4.69) is 22.0 Å². The molecular weight excluding hydrogens is 390 g/mol. The van der Waals surface area contributed by atoms with Crippen molar-refractivity contribution in [2.75, 3.05) is 11.9 Å². The molecule has 2 N–H and O–H groups in total. The molecule has 0 radical (unpaired) electrons. The topological polar surface area (TPSA) is 76.4 Å². The zero-order chi connectivity index (χ0) is 21.6. The normalized spacial score (nSPS) is 11.9. The molecule has 1 amide bonds. The first kappa shape index (κ1) is 20.6. The fourth-order valence-corrected chi connectivity index (χ4v) is 3.54. The summed E-state index contributed by atoms with van der Waals surface area (Å²) in [5, 5.41) is 13.4. The minimum atomic E-state index is -0.706. The van der Waals surface area contributed by atoms with Gasteiger partial charge in [-0.2, -0.15) is 0 Å². The van der Waals surface area contributed by atoms with Crippen LogP contribution >= 0.6 is 0 Å². The number of ether oxygens (including phenoxy) is 1. The van der Waals surface area contributed by atoms with E-state index in [1.807, 2.05) is 42.5 Å². The van der Waals surface area contributed by atoms with Crippen LogP contribution in [-0.4, -0.2) is 33.3 Å². The third kappa shape index (κ3) is 5.29. The summed E-state index contributed by atoms with van der Waals surface area (Å²) in [6, 6.07) is 25.2. The first-order valence-corrected chi connectivity index (χ1v) is 10.2. The second kappa shape index (κ2) is 9.45. The number of hydrogen-bond acceptors (Lipinski definition) is 4. The molecule has 6 nitrogen and oxygen atoms in total. The van der Waals surface area contributed by atoms with E-state index in [9.17, 15) is 9.90 Å². The third-order valence-corrected chi connectivity index (χ3v) is 4.95. The molecule has 4 rings (SSSR count). The number of carbonyl (C=O) groups is 1. The molecule has 6 heteroatoms. The number of rotatable bonds is 8. The number of carbonyl (C=O) groups excluding carboxylic acids is 1. The van der Waals surface area contributed by atoms with E-state index in [1.54, 1.807) is 24.3 Å². The summed E-state index contributed by atoms with van der Waals surface area (Å²) in [5.41, 5.74) is 3.78. The first-order chi connectivity index (χ1) is 15.1. The Morgan fingerprint density at radius 3 is 2.48 bits per heavy atom. The van der Waals surface area contributed by atoms with Crippen LogP contribution in [0.3, 0.4) is 0 Å². The van der Waals surface area contributed by atoms with E-state index in [-0.39, 0.29) is 12.5 Å². The van der Waals surface area contributed by atoms with Gasteiger partial charge in [0.25, 0.3) is 0 Å². The van der Waals surface area contributed by atoms with Crippen molar-refractivity contribution in [1.29, 1.82) is 0 Å². The molecule has 4 aromatic rings. The standard InChI is InChI=1S/C25H25N3O3/c1-18(29)26-20-11-13-22(14-12-20)31-17-21(30)16-28-24-10-6-5-9-23(24)27-25(28)15-19-7-3-2-4-8-19/h2-14,21,30H,15-17H2,1H3,(H,26,29). The smallest absolute Gasteiger partial charge is 0.221 e. The molecule has 0 aliphatic rings. The van der Waals surface area contributed by atoms with Gasteiger partial charge in [0, 0.05) is 19.0 Å². The van der Waals surface area contributed by atoms with Crippen LogP contribution in [0.25, 0.3) is 11.0 Å².